The van der Waals surface area contributed by atoms with Gasteiger partial charge < -0.3 is 21.3 Å². The second-order valence-electron chi connectivity index (χ2n) is 8.02. The Morgan fingerprint density at radius 1 is 1.21 bits per heavy atom. The van der Waals surface area contributed by atoms with Gasteiger partial charge in [0.05, 0.1) is 10.2 Å². The summed E-state index contributed by atoms with van der Waals surface area (Å²) in [5.41, 5.74) is 3.03. The van der Waals surface area contributed by atoms with Gasteiger partial charge >= 0.3 is 0 Å². The van der Waals surface area contributed by atoms with Gasteiger partial charge in [0.15, 0.2) is 5.82 Å². The standard InChI is InChI=1S/C23H29BrN8O/c1-2-25-10-11-26-21(33)9-6-15-4-3-5-17(12-15)28-23-27-14-18(24)22(30-23)29-20-13-19(31-32-20)16-7-8-16/h3-5,12-14,16,25H,2,6-11H2,1H3,(H,26,33)(H3,27,28,29,30,31,32). The number of hydrogen-bond donors (Lipinski definition) is 5. The Morgan fingerprint density at radius 2 is 2.09 bits per heavy atom. The summed E-state index contributed by atoms with van der Waals surface area (Å²) < 4.78 is 0.754. The zero-order valence-corrected chi connectivity index (χ0v) is 20.2. The minimum absolute atomic E-state index is 0.0573. The number of halogens is 1. The van der Waals surface area contributed by atoms with Crippen LogP contribution in [-0.4, -0.2) is 45.7 Å². The number of aryl methyl sites for hydroxylation is 1. The molecule has 9 nitrogen and oxygen atoms in total. The first kappa shape index (κ1) is 23.2. The maximum atomic E-state index is 12.0. The molecule has 174 valence electrons. The van der Waals surface area contributed by atoms with Crippen LogP contribution in [-0.2, 0) is 11.2 Å². The fourth-order valence-electron chi connectivity index (χ4n) is 3.38. The van der Waals surface area contributed by atoms with Crippen LogP contribution >= 0.6 is 15.9 Å². The van der Waals surface area contributed by atoms with Gasteiger partial charge in [0, 0.05) is 43.4 Å². The maximum absolute atomic E-state index is 12.0. The molecule has 5 N–H and O–H groups in total. The Morgan fingerprint density at radius 3 is 2.91 bits per heavy atom. The average Bonchev–Trinajstić information content (AvgIpc) is 3.56. The number of nitrogens with one attached hydrogen (secondary N) is 5. The van der Waals surface area contributed by atoms with Crippen molar-refractivity contribution in [3.05, 3.63) is 52.3 Å². The minimum atomic E-state index is 0.0573. The number of nitrogens with zero attached hydrogens (tertiary/aromatic N) is 3. The van der Waals surface area contributed by atoms with Gasteiger partial charge in [0.2, 0.25) is 11.9 Å². The molecule has 0 spiro atoms. The summed E-state index contributed by atoms with van der Waals surface area (Å²) in [5, 5.41) is 20.0. The quantitative estimate of drug-likeness (QED) is 0.233. The molecular formula is C23H29BrN8O. The molecule has 10 heteroatoms. The van der Waals surface area contributed by atoms with E-state index in [9.17, 15) is 4.79 Å². The van der Waals surface area contributed by atoms with Crippen LogP contribution in [0.5, 0.6) is 0 Å². The van der Waals surface area contributed by atoms with E-state index in [0.29, 0.717) is 37.1 Å². The van der Waals surface area contributed by atoms with Crippen molar-refractivity contribution in [2.45, 2.75) is 38.5 Å². The predicted octanol–water partition coefficient (Wildman–Crippen LogP) is 3.99. The number of amides is 1. The van der Waals surface area contributed by atoms with E-state index in [0.717, 1.165) is 40.3 Å². The molecule has 0 aliphatic heterocycles. The minimum Gasteiger partial charge on any atom is -0.355 e. The zero-order chi connectivity index (χ0) is 23.0. The highest BCUT2D eigenvalue weighted by molar-refractivity contribution is 9.10. The van der Waals surface area contributed by atoms with Gasteiger partial charge in [0.1, 0.15) is 5.82 Å². The van der Waals surface area contributed by atoms with Crippen molar-refractivity contribution in [1.29, 1.82) is 0 Å². The topological polar surface area (TPSA) is 120 Å². The van der Waals surface area contributed by atoms with Gasteiger partial charge in [-0.1, -0.05) is 19.1 Å². The van der Waals surface area contributed by atoms with Crippen molar-refractivity contribution >= 4 is 45.1 Å². The molecule has 1 aliphatic rings. The van der Waals surface area contributed by atoms with Gasteiger partial charge in [-0.05, 0) is 59.4 Å². The number of benzene rings is 1. The molecule has 1 fully saturated rings. The molecule has 1 aliphatic carbocycles. The predicted molar refractivity (Wildman–Crippen MR) is 133 cm³/mol. The zero-order valence-electron chi connectivity index (χ0n) is 18.6. The SMILES string of the molecule is CCNCCNC(=O)CCc1cccc(Nc2ncc(Br)c(Nc3cc(C4CC4)n[nH]3)n2)c1. The Labute approximate surface area is 201 Å². The summed E-state index contributed by atoms with van der Waals surface area (Å²) in [6.45, 7) is 4.38. The van der Waals surface area contributed by atoms with Crippen molar-refractivity contribution in [1.82, 2.24) is 30.8 Å². The second kappa shape index (κ2) is 11.2. The van der Waals surface area contributed by atoms with E-state index >= 15 is 0 Å². The highest BCUT2D eigenvalue weighted by Crippen LogP contribution is 2.39. The summed E-state index contributed by atoms with van der Waals surface area (Å²) in [6.07, 6.45) is 5.23. The molecule has 0 unspecified atom stereocenters. The van der Waals surface area contributed by atoms with Crippen LogP contribution in [0.3, 0.4) is 0 Å². The van der Waals surface area contributed by atoms with Crippen LogP contribution in [0.15, 0.2) is 41.0 Å². The molecule has 0 saturated heterocycles. The van der Waals surface area contributed by atoms with Gasteiger partial charge in [0.25, 0.3) is 0 Å². The molecule has 1 aromatic carbocycles. The number of rotatable bonds is 12. The lowest BCUT2D eigenvalue weighted by molar-refractivity contribution is -0.121. The van der Waals surface area contributed by atoms with Crippen LogP contribution in [0.1, 0.15) is 43.4 Å². The fraction of sp³-hybridized carbons (Fsp3) is 0.391. The van der Waals surface area contributed by atoms with E-state index < -0.39 is 0 Å². The number of aromatic nitrogens is 4. The molecule has 1 amide bonds. The van der Waals surface area contributed by atoms with E-state index in [4.69, 9.17) is 0 Å². The first-order valence-electron chi connectivity index (χ1n) is 11.3. The monoisotopic (exact) mass is 512 g/mol. The van der Waals surface area contributed by atoms with Crippen molar-refractivity contribution in [3.8, 4) is 0 Å². The molecule has 0 atom stereocenters. The van der Waals surface area contributed by atoms with Crippen LogP contribution in [0.25, 0.3) is 0 Å². The van der Waals surface area contributed by atoms with Crippen LogP contribution in [0.4, 0.5) is 23.3 Å². The van der Waals surface area contributed by atoms with E-state index in [-0.39, 0.29) is 5.91 Å². The summed E-state index contributed by atoms with van der Waals surface area (Å²) in [6, 6.07) is 9.97. The number of aromatic amines is 1. The number of hydrogen-bond acceptors (Lipinski definition) is 7. The summed E-state index contributed by atoms with van der Waals surface area (Å²) in [5.74, 6) is 2.55. The molecule has 3 aromatic rings. The lowest BCUT2D eigenvalue weighted by Crippen LogP contribution is -2.31. The third-order valence-corrected chi connectivity index (χ3v) is 5.87. The van der Waals surface area contributed by atoms with Crippen molar-refractivity contribution in [3.63, 3.8) is 0 Å². The fourth-order valence-corrected chi connectivity index (χ4v) is 3.67. The number of H-pyrrole nitrogens is 1. The largest absolute Gasteiger partial charge is 0.355 e. The van der Waals surface area contributed by atoms with E-state index in [1.165, 1.54) is 12.8 Å². The van der Waals surface area contributed by atoms with Crippen LogP contribution < -0.4 is 21.3 Å². The lowest BCUT2D eigenvalue weighted by Gasteiger charge is -2.10. The normalized spacial score (nSPS) is 13.0. The highest BCUT2D eigenvalue weighted by Gasteiger charge is 2.26. The Bertz CT molecular complexity index is 1080. The molecule has 33 heavy (non-hydrogen) atoms. The van der Waals surface area contributed by atoms with Crippen molar-refractivity contribution in [2.24, 2.45) is 0 Å². The van der Waals surface area contributed by atoms with Crippen LogP contribution in [0.2, 0.25) is 0 Å². The molecular weight excluding hydrogens is 484 g/mol. The maximum Gasteiger partial charge on any atom is 0.229 e. The summed E-state index contributed by atoms with van der Waals surface area (Å²) in [4.78, 5) is 21.0. The summed E-state index contributed by atoms with van der Waals surface area (Å²) in [7, 11) is 0. The van der Waals surface area contributed by atoms with E-state index in [1.54, 1.807) is 6.20 Å². The third-order valence-electron chi connectivity index (χ3n) is 5.29. The Kier molecular flexibility index (Phi) is 7.90. The second-order valence-corrected chi connectivity index (χ2v) is 8.88. The first-order chi connectivity index (χ1) is 16.1. The van der Waals surface area contributed by atoms with E-state index in [1.807, 2.05) is 37.3 Å². The van der Waals surface area contributed by atoms with Gasteiger partial charge in [-0.3, -0.25) is 9.89 Å². The molecule has 0 bridgehead atoms. The number of anilines is 4. The van der Waals surface area contributed by atoms with Crippen LogP contribution in [0, 0.1) is 0 Å². The third kappa shape index (κ3) is 7.00. The number of carbonyl (C=O) groups is 1. The molecule has 2 aromatic heterocycles. The molecule has 0 radical (unpaired) electrons. The smallest absolute Gasteiger partial charge is 0.229 e. The Hall–Kier alpha value is -2.98. The summed E-state index contributed by atoms with van der Waals surface area (Å²) >= 11 is 3.50. The molecule has 1 saturated carbocycles. The van der Waals surface area contributed by atoms with Gasteiger partial charge in [-0.2, -0.15) is 10.1 Å². The number of likely N-dealkylation sites (N-methyl/N-ethyl adjacent to an activating group) is 1. The van der Waals surface area contributed by atoms with Gasteiger partial charge in [-0.25, -0.2) is 4.98 Å². The Balaban J connectivity index is 1.33. The molecule has 2 heterocycles. The molecule has 4 rings (SSSR count). The van der Waals surface area contributed by atoms with Gasteiger partial charge in [-0.15, -0.1) is 0 Å². The average molecular weight is 513 g/mol. The number of carbonyl (C=O) groups excluding carboxylic acids is 1. The van der Waals surface area contributed by atoms with Crippen molar-refractivity contribution < 1.29 is 4.79 Å². The van der Waals surface area contributed by atoms with E-state index in [2.05, 4.69) is 57.4 Å². The van der Waals surface area contributed by atoms with Crippen molar-refractivity contribution in [2.75, 3.05) is 30.3 Å². The lowest BCUT2D eigenvalue weighted by atomic mass is 10.1. The highest BCUT2D eigenvalue weighted by atomic mass is 79.9. The first-order valence-corrected chi connectivity index (χ1v) is 12.1.